The Hall–Kier alpha value is -11.0. The van der Waals surface area contributed by atoms with E-state index in [9.17, 15) is 0 Å². The van der Waals surface area contributed by atoms with Crippen LogP contribution in [-0.2, 0) is 58.3 Å². The number of anilines is 4. The number of benzene rings is 4. The number of hydrogen-bond donors (Lipinski definition) is 8. The Morgan fingerprint density at radius 3 is 1.30 bits per heavy atom. The summed E-state index contributed by atoms with van der Waals surface area (Å²) in [6.07, 6.45) is 25.6. The Labute approximate surface area is 478 Å². The highest BCUT2D eigenvalue weighted by molar-refractivity contribution is 5.52. The standard InChI is InChI=1S/C16H18N6.C15H18N6.C15H16N6.C13H14N6/c1-12(7-13-5-3-2-4-6-13)10-22-11-15(20-21-22)8-14-9-18-16(17)19-14;2*16-15-17-10-13(18-15)9-14-11-21(20-19-14)8-4-7-12-5-2-1-3-6-12;14-13-15-7-11(16-13)6-12-9-19(18-17-12)8-10-4-2-1-3-5-10/h2-7,9,11H,8,10H2,1H3,(H3,17,18,19);1-3,5-6,10-11H,4,7-9H2,(H3,16,17,18);1-7,10-11H,8-9H2,(H3,16,17,18);1-5,7,9H,6,8H2,(H3,14,15,16)/b12-7+;;7-4+;. The van der Waals surface area contributed by atoms with E-state index in [1.165, 1.54) is 27.8 Å². The lowest BCUT2D eigenvalue weighted by atomic mass is 10.1. The fraction of sp³-hybridized carbons (Fsp3) is 0.186. The lowest BCUT2D eigenvalue weighted by Gasteiger charge is -2.01. The van der Waals surface area contributed by atoms with Crippen molar-refractivity contribution in [2.24, 2.45) is 0 Å². The Bertz CT molecular complexity index is 3840. The van der Waals surface area contributed by atoms with E-state index in [-0.39, 0.29) is 0 Å². The zero-order valence-corrected chi connectivity index (χ0v) is 45.9. The van der Waals surface area contributed by atoms with E-state index in [2.05, 4.69) is 167 Å². The second-order valence-electron chi connectivity index (χ2n) is 19.4. The predicted octanol–water partition coefficient (Wildman–Crippen LogP) is 7.19. The number of H-pyrrole nitrogens is 4. The summed E-state index contributed by atoms with van der Waals surface area (Å²) >= 11 is 0. The van der Waals surface area contributed by atoms with Crippen LogP contribution in [0.4, 0.5) is 23.8 Å². The van der Waals surface area contributed by atoms with Gasteiger partial charge >= 0.3 is 0 Å². The van der Waals surface area contributed by atoms with Crippen molar-refractivity contribution in [2.75, 3.05) is 22.9 Å². The molecular weight excluding hydrogens is 1040 g/mol. The van der Waals surface area contributed by atoms with Crippen LogP contribution in [0.15, 0.2) is 183 Å². The highest BCUT2D eigenvalue weighted by Gasteiger charge is 2.09. The van der Waals surface area contributed by atoms with Crippen LogP contribution in [0.2, 0.25) is 0 Å². The molecule has 0 unspecified atom stereocenters. The maximum atomic E-state index is 5.56. The molecule has 0 aliphatic carbocycles. The second-order valence-corrected chi connectivity index (χ2v) is 19.4. The van der Waals surface area contributed by atoms with Gasteiger partial charge in [-0.05, 0) is 42.0 Å². The first-order chi connectivity index (χ1) is 40.6. The molecule has 0 aliphatic heterocycles. The van der Waals surface area contributed by atoms with E-state index < -0.39 is 0 Å². The van der Waals surface area contributed by atoms with E-state index in [0.717, 1.165) is 71.5 Å². The molecule has 12 aromatic rings. The number of nitrogens with one attached hydrogen (secondary N) is 4. The van der Waals surface area contributed by atoms with Crippen LogP contribution in [0, 0.1) is 0 Å². The number of aromatic nitrogens is 20. The lowest BCUT2D eigenvalue weighted by Crippen LogP contribution is -2.00. The van der Waals surface area contributed by atoms with E-state index in [4.69, 9.17) is 22.9 Å². The summed E-state index contributed by atoms with van der Waals surface area (Å²) in [5, 5.41) is 33.2. The van der Waals surface area contributed by atoms with Crippen molar-refractivity contribution >= 4 is 35.9 Å². The molecule has 0 spiro atoms. The average molecular weight is 1110 g/mol. The van der Waals surface area contributed by atoms with Crippen molar-refractivity contribution in [1.82, 2.24) is 99.8 Å². The molecule has 12 N–H and O–H groups in total. The molecule has 422 valence electrons. The molecule has 12 rings (SSSR count). The molecule has 0 bridgehead atoms. The number of rotatable bonds is 20. The molecule has 0 radical (unpaired) electrons. The molecule has 24 nitrogen and oxygen atoms in total. The van der Waals surface area contributed by atoms with Crippen molar-refractivity contribution in [3.8, 4) is 0 Å². The molecule has 4 aromatic carbocycles. The van der Waals surface area contributed by atoms with Gasteiger partial charge in [-0.2, -0.15) is 0 Å². The third kappa shape index (κ3) is 19.1. The van der Waals surface area contributed by atoms with Crippen LogP contribution >= 0.6 is 0 Å². The van der Waals surface area contributed by atoms with E-state index >= 15 is 0 Å². The van der Waals surface area contributed by atoms with Gasteiger partial charge in [-0.3, -0.25) is 4.68 Å². The van der Waals surface area contributed by atoms with Crippen molar-refractivity contribution in [2.45, 2.75) is 71.6 Å². The summed E-state index contributed by atoms with van der Waals surface area (Å²) in [4.78, 5) is 27.8. The van der Waals surface area contributed by atoms with Crippen molar-refractivity contribution in [1.29, 1.82) is 0 Å². The molecular formula is C59H66N24. The van der Waals surface area contributed by atoms with Gasteiger partial charge in [0.2, 0.25) is 0 Å². The molecule has 0 amide bonds. The van der Waals surface area contributed by atoms with Crippen LogP contribution in [0.1, 0.15) is 81.1 Å². The number of aromatic amines is 4. The van der Waals surface area contributed by atoms with Gasteiger partial charge in [0, 0.05) is 79.8 Å². The summed E-state index contributed by atoms with van der Waals surface area (Å²) in [6, 6.07) is 41.0. The lowest BCUT2D eigenvalue weighted by molar-refractivity contribution is 0.558. The molecule has 0 aliphatic rings. The maximum Gasteiger partial charge on any atom is 0.197 e. The number of nitrogens with two attached hydrogens (primary N) is 4. The van der Waals surface area contributed by atoms with Crippen LogP contribution in [-0.4, -0.2) is 99.8 Å². The second kappa shape index (κ2) is 29.3. The van der Waals surface area contributed by atoms with Gasteiger partial charge in [0.15, 0.2) is 23.8 Å². The van der Waals surface area contributed by atoms with Crippen LogP contribution in [0.3, 0.4) is 0 Å². The Balaban J connectivity index is 0.000000133. The molecule has 24 heteroatoms. The largest absolute Gasteiger partial charge is 0.369 e. The minimum atomic E-state index is 0.420. The molecule has 0 saturated carbocycles. The summed E-state index contributed by atoms with van der Waals surface area (Å²) in [5.41, 5.74) is 35.6. The summed E-state index contributed by atoms with van der Waals surface area (Å²) in [7, 11) is 0. The number of hydrogen-bond acceptors (Lipinski definition) is 16. The zero-order chi connectivity index (χ0) is 57.4. The predicted molar refractivity (Wildman–Crippen MR) is 319 cm³/mol. The first-order valence-electron chi connectivity index (χ1n) is 26.8. The highest BCUT2D eigenvalue weighted by Crippen LogP contribution is 2.13. The van der Waals surface area contributed by atoms with Crippen LogP contribution in [0.5, 0.6) is 0 Å². The Kier molecular flexibility index (Phi) is 20.0. The average Bonchev–Trinajstić information content (AvgIpc) is 4.38. The third-order valence-electron chi connectivity index (χ3n) is 12.3. The fourth-order valence-electron chi connectivity index (χ4n) is 8.53. The number of nitrogens with zero attached hydrogens (tertiary/aromatic N) is 16. The number of allylic oxidation sites excluding steroid dienone is 2. The minimum absolute atomic E-state index is 0.420. The van der Waals surface area contributed by atoms with Crippen molar-refractivity contribution < 1.29 is 0 Å². The number of nitrogen functional groups attached to an aromatic ring is 4. The van der Waals surface area contributed by atoms with E-state index in [0.29, 0.717) is 62.6 Å². The zero-order valence-electron chi connectivity index (χ0n) is 45.9. The van der Waals surface area contributed by atoms with Crippen molar-refractivity contribution in [3.63, 3.8) is 0 Å². The number of aryl methyl sites for hydroxylation is 2. The van der Waals surface area contributed by atoms with Gasteiger partial charge in [0.25, 0.3) is 0 Å². The fourth-order valence-corrected chi connectivity index (χ4v) is 8.53. The SMILES string of the molecule is C/C(=C\c1ccccc1)Cn1cc(Cc2cnc(N)[nH]2)nn1.Nc1ncc(Cc2cn(C/C=C/c3ccccc3)nn2)[nH]1.Nc1ncc(Cc2cn(CCCc3ccccc3)nn2)[nH]1.Nc1ncc(Cc2cn(Cc3ccccc3)nn2)[nH]1. The first kappa shape index (κ1) is 56.7. The monoisotopic (exact) mass is 1110 g/mol. The maximum absolute atomic E-state index is 5.56. The third-order valence-corrected chi connectivity index (χ3v) is 12.3. The summed E-state index contributed by atoms with van der Waals surface area (Å²) < 4.78 is 7.35. The first-order valence-corrected chi connectivity index (χ1v) is 26.8. The van der Waals surface area contributed by atoms with Gasteiger partial charge in [-0.1, -0.05) is 166 Å². The highest BCUT2D eigenvalue weighted by atomic mass is 15.4. The van der Waals surface area contributed by atoms with E-state index in [1.807, 2.05) is 99.5 Å². The summed E-state index contributed by atoms with van der Waals surface area (Å²) in [6.45, 7) is 5.08. The summed E-state index contributed by atoms with van der Waals surface area (Å²) in [5.74, 6) is 1.69. The molecule has 0 saturated heterocycles. The van der Waals surface area contributed by atoms with Gasteiger partial charge < -0.3 is 42.9 Å². The molecule has 83 heavy (non-hydrogen) atoms. The van der Waals surface area contributed by atoms with Gasteiger partial charge in [0.05, 0.1) is 67.2 Å². The molecule has 8 aromatic heterocycles. The Morgan fingerprint density at radius 2 is 0.831 bits per heavy atom. The smallest absolute Gasteiger partial charge is 0.197 e. The van der Waals surface area contributed by atoms with Crippen molar-refractivity contribution in [3.05, 3.63) is 250 Å². The quantitative estimate of drug-likeness (QED) is 0.0374. The van der Waals surface area contributed by atoms with Crippen LogP contribution < -0.4 is 22.9 Å². The normalized spacial score (nSPS) is 11.2. The van der Waals surface area contributed by atoms with E-state index in [1.54, 1.807) is 29.5 Å². The Morgan fingerprint density at radius 1 is 0.446 bits per heavy atom. The number of imidazole rings is 4. The van der Waals surface area contributed by atoms with Gasteiger partial charge in [-0.15, -0.1) is 20.4 Å². The molecule has 0 fully saturated rings. The van der Waals surface area contributed by atoms with Gasteiger partial charge in [0.1, 0.15) is 0 Å². The van der Waals surface area contributed by atoms with Gasteiger partial charge in [-0.25, -0.2) is 34.0 Å². The molecule has 8 heterocycles. The van der Waals surface area contributed by atoms with Crippen LogP contribution in [0.25, 0.3) is 12.2 Å². The topological polar surface area (TPSA) is 342 Å². The molecule has 0 atom stereocenters. The minimum Gasteiger partial charge on any atom is -0.369 e.